The second kappa shape index (κ2) is 6.90. The fourth-order valence-electron chi connectivity index (χ4n) is 1.41. The van der Waals surface area contributed by atoms with Crippen LogP contribution in [-0.2, 0) is 9.53 Å². The van der Waals surface area contributed by atoms with Crippen LogP contribution >= 0.6 is 12.2 Å². The van der Waals surface area contributed by atoms with Gasteiger partial charge in [0.15, 0.2) is 0 Å². The highest BCUT2D eigenvalue weighted by Gasteiger charge is 2.07. The summed E-state index contributed by atoms with van der Waals surface area (Å²) in [6.07, 6.45) is 1.99. The third-order valence-corrected chi connectivity index (χ3v) is 2.60. The van der Waals surface area contributed by atoms with Gasteiger partial charge in [-0.05, 0) is 19.1 Å². The Labute approximate surface area is 112 Å². The Morgan fingerprint density at radius 2 is 2.33 bits per heavy atom. The molecule has 0 bridgehead atoms. The standard InChI is InChI=1S/C12H17N3O2S/c1-3-17-11(16)5-7-15(2)9-4-6-14-10(8-9)12(13)18/h4,6,8H,3,5,7H2,1-2H3,(H2,13,18). The lowest BCUT2D eigenvalue weighted by atomic mass is 10.3. The van der Waals surface area contributed by atoms with Crippen LogP contribution in [0.15, 0.2) is 18.3 Å². The van der Waals surface area contributed by atoms with E-state index in [0.717, 1.165) is 5.69 Å². The van der Waals surface area contributed by atoms with E-state index in [0.29, 0.717) is 25.3 Å². The van der Waals surface area contributed by atoms with Crippen LogP contribution in [0.2, 0.25) is 0 Å². The minimum atomic E-state index is -0.201. The predicted octanol–water partition coefficient (Wildman–Crippen LogP) is 1.11. The van der Waals surface area contributed by atoms with E-state index in [4.69, 9.17) is 22.7 Å². The summed E-state index contributed by atoms with van der Waals surface area (Å²) in [4.78, 5) is 17.5. The molecule has 5 nitrogen and oxygen atoms in total. The van der Waals surface area contributed by atoms with Crippen molar-refractivity contribution < 1.29 is 9.53 Å². The molecule has 0 spiro atoms. The zero-order chi connectivity index (χ0) is 13.5. The van der Waals surface area contributed by atoms with E-state index in [1.807, 2.05) is 18.0 Å². The number of ether oxygens (including phenoxy) is 1. The van der Waals surface area contributed by atoms with Crippen LogP contribution in [0.5, 0.6) is 0 Å². The number of anilines is 1. The predicted molar refractivity (Wildman–Crippen MR) is 74.6 cm³/mol. The van der Waals surface area contributed by atoms with Crippen molar-refractivity contribution in [2.45, 2.75) is 13.3 Å². The Balaban J connectivity index is 2.61. The highest BCUT2D eigenvalue weighted by Crippen LogP contribution is 2.13. The molecule has 0 aromatic carbocycles. The van der Waals surface area contributed by atoms with E-state index in [1.54, 1.807) is 19.2 Å². The molecule has 1 heterocycles. The number of hydrogen-bond donors (Lipinski definition) is 1. The Morgan fingerprint density at radius 1 is 1.61 bits per heavy atom. The monoisotopic (exact) mass is 267 g/mol. The summed E-state index contributed by atoms with van der Waals surface area (Å²) >= 11 is 4.87. The molecule has 1 rings (SSSR count). The molecule has 98 valence electrons. The maximum absolute atomic E-state index is 11.3. The fraction of sp³-hybridized carbons (Fsp3) is 0.417. The lowest BCUT2D eigenvalue weighted by Crippen LogP contribution is -2.22. The molecule has 0 fully saturated rings. The Kier molecular flexibility index (Phi) is 5.51. The van der Waals surface area contributed by atoms with Gasteiger partial charge in [-0.1, -0.05) is 12.2 Å². The Morgan fingerprint density at radius 3 is 2.94 bits per heavy atom. The molecule has 0 amide bonds. The van der Waals surface area contributed by atoms with Gasteiger partial charge in [0.1, 0.15) is 4.99 Å². The lowest BCUT2D eigenvalue weighted by Gasteiger charge is -2.19. The van der Waals surface area contributed by atoms with E-state index in [9.17, 15) is 4.79 Å². The van der Waals surface area contributed by atoms with E-state index in [-0.39, 0.29) is 11.0 Å². The summed E-state index contributed by atoms with van der Waals surface area (Å²) < 4.78 is 4.87. The van der Waals surface area contributed by atoms with Crippen molar-refractivity contribution in [3.8, 4) is 0 Å². The first kappa shape index (κ1) is 14.4. The first-order valence-corrected chi connectivity index (χ1v) is 6.08. The topological polar surface area (TPSA) is 68.5 Å². The molecule has 18 heavy (non-hydrogen) atoms. The van der Waals surface area contributed by atoms with Crippen molar-refractivity contribution in [1.29, 1.82) is 0 Å². The van der Waals surface area contributed by atoms with Gasteiger partial charge in [-0.15, -0.1) is 0 Å². The SMILES string of the molecule is CCOC(=O)CCN(C)c1ccnc(C(N)=S)c1. The van der Waals surface area contributed by atoms with Crippen LogP contribution in [0.3, 0.4) is 0 Å². The van der Waals surface area contributed by atoms with Gasteiger partial charge in [-0.2, -0.15) is 0 Å². The van der Waals surface area contributed by atoms with E-state index in [2.05, 4.69) is 4.98 Å². The number of carbonyl (C=O) groups excluding carboxylic acids is 1. The van der Waals surface area contributed by atoms with Gasteiger partial charge < -0.3 is 15.4 Å². The second-order valence-corrected chi connectivity index (χ2v) is 4.18. The van der Waals surface area contributed by atoms with Crippen LogP contribution in [0, 0.1) is 0 Å². The molecular weight excluding hydrogens is 250 g/mol. The van der Waals surface area contributed by atoms with Gasteiger partial charge in [0.2, 0.25) is 0 Å². The number of nitrogens with zero attached hydrogens (tertiary/aromatic N) is 2. The summed E-state index contributed by atoms with van der Waals surface area (Å²) in [6.45, 7) is 2.77. The first-order chi connectivity index (χ1) is 8.54. The van der Waals surface area contributed by atoms with Crippen LogP contribution in [-0.4, -0.2) is 36.1 Å². The minimum Gasteiger partial charge on any atom is -0.466 e. The third kappa shape index (κ3) is 4.29. The van der Waals surface area contributed by atoms with E-state index >= 15 is 0 Å². The summed E-state index contributed by atoms with van der Waals surface area (Å²) in [5.74, 6) is -0.201. The number of hydrogen-bond acceptors (Lipinski definition) is 5. The highest BCUT2D eigenvalue weighted by molar-refractivity contribution is 7.80. The first-order valence-electron chi connectivity index (χ1n) is 5.67. The van der Waals surface area contributed by atoms with Gasteiger partial charge in [-0.3, -0.25) is 9.78 Å². The number of pyridine rings is 1. The van der Waals surface area contributed by atoms with Crippen molar-refractivity contribution >= 4 is 28.9 Å². The third-order valence-electron chi connectivity index (χ3n) is 2.39. The number of thiocarbonyl (C=S) groups is 1. The Bertz CT molecular complexity index is 437. The normalized spacial score (nSPS) is 9.89. The van der Waals surface area contributed by atoms with Gasteiger partial charge in [0, 0.05) is 25.5 Å². The second-order valence-electron chi connectivity index (χ2n) is 3.74. The van der Waals surface area contributed by atoms with Crippen molar-refractivity contribution in [1.82, 2.24) is 4.98 Å². The zero-order valence-corrected chi connectivity index (χ0v) is 11.4. The van der Waals surface area contributed by atoms with Crippen molar-refractivity contribution in [2.75, 3.05) is 25.1 Å². The fourth-order valence-corrected chi connectivity index (χ4v) is 1.52. The van der Waals surface area contributed by atoms with Crippen LogP contribution in [0.1, 0.15) is 19.0 Å². The van der Waals surface area contributed by atoms with E-state index < -0.39 is 0 Å². The molecule has 0 saturated carbocycles. The van der Waals surface area contributed by atoms with Crippen molar-refractivity contribution in [2.24, 2.45) is 5.73 Å². The maximum atomic E-state index is 11.3. The minimum absolute atomic E-state index is 0.201. The van der Waals surface area contributed by atoms with Gasteiger partial charge in [-0.25, -0.2) is 0 Å². The molecule has 0 aliphatic carbocycles. The molecule has 0 saturated heterocycles. The number of rotatable bonds is 6. The molecule has 0 unspecified atom stereocenters. The highest BCUT2D eigenvalue weighted by atomic mass is 32.1. The van der Waals surface area contributed by atoms with Crippen LogP contribution in [0.4, 0.5) is 5.69 Å². The summed E-state index contributed by atoms with van der Waals surface area (Å²) in [7, 11) is 1.89. The van der Waals surface area contributed by atoms with Gasteiger partial charge in [0.05, 0.1) is 18.7 Å². The maximum Gasteiger partial charge on any atom is 0.307 e. The van der Waals surface area contributed by atoms with Crippen LogP contribution in [0.25, 0.3) is 0 Å². The summed E-state index contributed by atoms with van der Waals surface area (Å²) in [5.41, 5.74) is 7.01. The molecule has 0 aliphatic heterocycles. The zero-order valence-electron chi connectivity index (χ0n) is 10.5. The van der Waals surface area contributed by atoms with Crippen molar-refractivity contribution in [3.05, 3.63) is 24.0 Å². The molecule has 0 radical (unpaired) electrons. The molecule has 2 N–H and O–H groups in total. The summed E-state index contributed by atoms with van der Waals surface area (Å²) in [6, 6.07) is 3.64. The molecular formula is C12H17N3O2S. The smallest absolute Gasteiger partial charge is 0.307 e. The van der Waals surface area contributed by atoms with Gasteiger partial charge in [0.25, 0.3) is 0 Å². The number of aromatic nitrogens is 1. The van der Waals surface area contributed by atoms with Crippen LogP contribution < -0.4 is 10.6 Å². The quantitative estimate of drug-likeness (QED) is 0.615. The summed E-state index contributed by atoms with van der Waals surface area (Å²) in [5, 5.41) is 0. The number of nitrogens with two attached hydrogens (primary N) is 1. The largest absolute Gasteiger partial charge is 0.466 e. The average Bonchev–Trinajstić information content (AvgIpc) is 2.36. The average molecular weight is 267 g/mol. The Hall–Kier alpha value is -1.69. The molecule has 0 aliphatic rings. The number of carbonyl (C=O) groups is 1. The van der Waals surface area contributed by atoms with E-state index in [1.165, 1.54) is 0 Å². The lowest BCUT2D eigenvalue weighted by molar-refractivity contribution is -0.142. The van der Waals surface area contributed by atoms with Crippen molar-refractivity contribution in [3.63, 3.8) is 0 Å². The molecule has 0 atom stereocenters. The molecule has 6 heteroatoms. The molecule has 1 aromatic heterocycles. The number of esters is 1. The van der Waals surface area contributed by atoms with Gasteiger partial charge >= 0.3 is 5.97 Å². The molecule has 1 aromatic rings.